The van der Waals surface area contributed by atoms with Crippen LogP contribution in [0.5, 0.6) is 0 Å². The van der Waals surface area contributed by atoms with Crippen molar-refractivity contribution in [2.45, 2.75) is 19.4 Å². The second-order valence-electron chi connectivity index (χ2n) is 4.39. The van der Waals surface area contributed by atoms with Crippen molar-refractivity contribution in [2.24, 2.45) is 5.73 Å². The molecule has 0 aliphatic rings. The molecule has 0 unspecified atom stereocenters. The Bertz CT molecular complexity index is 568. The van der Waals surface area contributed by atoms with Crippen molar-refractivity contribution in [3.63, 3.8) is 0 Å². The topological polar surface area (TPSA) is 38.9 Å². The lowest BCUT2D eigenvalue weighted by molar-refractivity contribution is 0.680. The van der Waals surface area contributed by atoms with Gasteiger partial charge in [-0.1, -0.05) is 30.0 Å². The summed E-state index contributed by atoms with van der Waals surface area (Å²) in [6.45, 7) is 3.77. The van der Waals surface area contributed by atoms with E-state index >= 15 is 0 Å². The molecule has 1 aromatic carbocycles. The second kappa shape index (κ2) is 3.96. The highest BCUT2D eigenvalue weighted by Gasteiger charge is 2.03. The molecule has 0 spiro atoms. The van der Waals surface area contributed by atoms with Crippen molar-refractivity contribution in [3.8, 4) is 11.8 Å². The molecule has 1 aromatic heterocycles. The molecule has 2 heteroatoms. The molecule has 16 heavy (non-hydrogen) atoms. The third-order valence-electron chi connectivity index (χ3n) is 2.12. The van der Waals surface area contributed by atoms with Gasteiger partial charge in [0.25, 0.3) is 0 Å². The maximum absolute atomic E-state index is 5.80. The summed E-state index contributed by atoms with van der Waals surface area (Å²) in [6.07, 6.45) is 1.78. The molecular weight excluding hydrogens is 196 g/mol. The summed E-state index contributed by atoms with van der Waals surface area (Å²) in [5, 5.41) is 1.10. The Morgan fingerprint density at radius 3 is 2.75 bits per heavy atom. The van der Waals surface area contributed by atoms with E-state index in [0.717, 1.165) is 16.5 Å². The lowest BCUT2D eigenvalue weighted by atomic mass is 10.1. The molecular formula is C14H14N2. The van der Waals surface area contributed by atoms with Crippen molar-refractivity contribution in [3.05, 3.63) is 42.1 Å². The standard InChI is InChI=1S/C14H14N2/c1-14(2,15)8-7-11-9-12-5-3-4-6-13(12)16-10-11/h3-6,9-10H,15H2,1-2H3. The molecule has 0 radical (unpaired) electrons. The summed E-state index contributed by atoms with van der Waals surface area (Å²) in [5.41, 5.74) is 7.22. The summed E-state index contributed by atoms with van der Waals surface area (Å²) in [4.78, 5) is 4.34. The fraction of sp³-hybridized carbons (Fsp3) is 0.214. The first-order valence-corrected chi connectivity index (χ1v) is 5.21. The first-order chi connectivity index (χ1) is 7.54. The van der Waals surface area contributed by atoms with Crippen molar-refractivity contribution >= 4 is 10.9 Å². The molecule has 2 N–H and O–H groups in total. The van der Waals surface area contributed by atoms with E-state index in [9.17, 15) is 0 Å². The van der Waals surface area contributed by atoms with Crippen LogP contribution in [0, 0.1) is 11.8 Å². The highest BCUT2D eigenvalue weighted by atomic mass is 14.7. The summed E-state index contributed by atoms with van der Waals surface area (Å²) < 4.78 is 0. The van der Waals surface area contributed by atoms with E-state index < -0.39 is 5.54 Å². The van der Waals surface area contributed by atoms with E-state index in [1.165, 1.54) is 0 Å². The first kappa shape index (κ1) is 10.7. The van der Waals surface area contributed by atoms with Crippen molar-refractivity contribution in [1.29, 1.82) is 0 Å². The van der Waals surface area contributed by atoms with E-state index in [-0.39, 0.29) is 0 Å². The Balaban J connectivity index is 2.43. The number of nitrogens with zero attached hydrogens (tertiary/aromatic N) is 1. The highest BCUT2D eigenvalue weighted by Crippen LogP contribution is 2.11. The van der Waals surface area contributed by atoms with Gasteiger partial charge in [0.1, 0.15) is 0 Å². The average molecular weight is 210 g/mol. The molecule has 80 valence electrons. The van der Waals surface area contributed by atoms with Gasteiger partial charge in [0.2, 0.25) is 0 Å². The Hall–Kier alpha value is -1.85. The first-order valence-electron chi connectivity index (χ1n) is 5.21. The normalized spacial score (nSPS) is 10.9. The van der Waals surface area contributed by atoms with Gasteiger partial charge >= 0.3 is 0 Å². The molecule has 2 rings (SSSR count). The van der Waals surface area contributed by atoms with E-state index in [1.54, 1.807) is 6.20 Å². The third-order valence-corrected chi connectivity index (χ3v) is 2.12. The van der Waals surface area contributed by atoms with Gasteiger partial charge in [0, 0.05) is 17.1 Å². The van der Waals surface area contributed by atoms with Gasteiger partial charge in [-0.2, -0.15) is 0 Å². The van der Waals surface area contributed by atoms with Crippen molar-refractivity contribution < 1.29 is 0 Å². The minimum atomic E-state index is -0.467. The number of nitrogens with two attached hydrogens (primary N) is 1. The predicted molar refractivity (Wildman–Crippen MR) is 66.9 cm³/mol. The van der Waals surface area contributed by atoms with Gasteiger partial charge in [-0.05, 0) is 26.0 Å². The maximum atomic E-state index is 5.80. The minimum Gasteiger partial charge on any atom is -0.316 e. The van der Waals surface area contributed by atoms with E-state index in [4.69, 9.17) is 5.73 Å². The molecule has 0 atom stereocenters. The number of hydrogen-bond donors (Lipinski definition) is 1. The summed E-state index contributed by atoms with van der Waals surface area (Å²) in [6, 6.07) is 10.0. The number of para-hydroxylation sites is 1. The van der Waals surface area contributed by atoms with Gasteiger partial charge in [0.05, 0.1) is 11.1 Å². The maximum Gasteiger partial charge on any atom is 0.0722 e. The van der Waals surface area contributed by atoms with Crippen LogP contribution in [0.4, 0.5) is 0 Å². The summed E-state index contributed by atoms with van der Waals surface area (Å²) >= 11 is 0. The zero-order valence-corrected chi connectivity index (χ0v) is 9.49. The smallest absolute Gasteiger partial charge is 0.0722 e. The third kappa shape index (κ3) is 2.59. The number of rotatable bonds is 0. The molecule has 0 saturated carbocycles. The number of benzene rings is 1. The number of hydrogen-bond acceptors (Lipinski definition) is 2. The second-order valence-corrected chi connectivity index (χ2v) is 4.39. The average Bonchev–Trinajstić information content (AvgIpc) is 2.25. The Morgan fingerprint density at radius 2 is 2.00 bits per heavy atom. The Labute approximate surface area is 95.5 Å². The zero-order chi connectivity index (χ0) is 11.6. The van der Waals surface area contributed by atoms with E-state index in [2.05, 4.69) is 16.8 Å². The van der Waals surface area contributed by atoms with Gasteiger partial charge in [-0.3, -0.25) is 4.98 Å². The molecule has 0 bridgehead atoms. The van der Waals surface area contributed by atoms with Crippen LogP contribution < -0.4 is 5.73 Å². The van der Waals surface area contributed by atoms with Crippen LogP contribution in [0.15, 0.2) is 36.5 Å². The predicted octanol–water partition coefficient (Wildman–Crippen LogP) is 2.32. The summed E-state index contributed by atoms with van der Waals surface area (Å²) in [7, 11) is 0. The fourth-order valence-electron chi connectivity index (χ4n) is 1.37. The Kier molecular flexibility index (Phi) is 2.64. The molecule has 1 heterocycles. The molecule has 0 fully saturated rings. The highest BCUT2D eigenvalue weighted by molar-refractivity contribution is 5.79. The largest absolute Gasteiger partial charge is 0.316 e. The number of pyridine rings is 1. The van der Waals surface area contributed by atoms with Crippen molar-refractivity contribution in [2.75, 3.05) is 0 Å². The lowest BCUT2D eigenvalue weighted by Gasteiger charge is -2.07. The zero-order valence-electron chi connectivity index (χ0n) is 9.49. The van der Waals surface area contributed by atoms with Crippen LogP contribution in [-0.4, -0.2) is 10.5 Å². The molecule has 2 nitrogen and oxygen atoms in total. The van der Waals surface area contributed by atoms with Crippen LogP contribution in [0.25, 0.3) is 10.9 Å². The van der Waals surface area contributed by atoms with E-state index in [0.29, 0.717) is 0 Å². The van der Waals surface area contributed by atoms with E-state index in [1.807, 2.05) is 44.2 Å². The minimum absolute atomic E-state index is 0.467. The lowest BCUT2D eigenvalue weighted by Crippen LogP contribution is -2.29. The monoisotopic (exact) mass is 210 g/mol. The molecule has 2 aromatic rings. The van der Waals surface area contributed by atoms with Gasteiger partial charge in [-0.15, -0.1) is 0 Å². The van der Waals surface area contributed by atoms with Gasteiger partial charge < -0.3 is 5.73 Å². The molecule has 0 aliphatic heterocycles. The Morgan fingerprint density at radius 1 is 1.25 bits per heavy atom. The number of fused-ring (bicyclic) bond motifs is 1. The quantitative estimate of drug-likeness (QED) is 0.678. The molecule has 0 amide bonds. The molecule has 0 saturated heterocycles. The number of aromatic nitrogens is 1. The van der Waals surface area contributed by atoms with Crippen LogP contribution in [0.3, 0.4) is 0 Å². The van der Waals surface area contributed by atoms with Crippen LogP contribution in [0.1, 0.15) is 19.4 Å². The fourth-order valence-corrected chi connectivity index (χ4v) is 1.37. The summed E-state index contributed by atoms with van der Waals surface area (Å²) in [5.74, 6) is 6.03. The SMILES string of the molecule is CC(C)(N)C#Cc1cnc2ccccc2c1. The van der Waals surface area contributed by atoms with Gasteiger partial charge in [-0.25, -0.2) is 0 Å². The van der Waals surface area contributed by atoms with Crippen LogP contribution in [-0.2, 0) is 0 Å². The molecule has 0 aliphatic carbocycles. The van der Waals surface area contributed by atoms with Crippen molar-refractivity contribution in [1.82, 2.24) is 4.98 Å². The van der Waals surface area contributed by atoms with Crippen LogP contribution in [0.2, 0.25) is 0 Å². The van der Waals surface area contributed by atoms with Gasteiger partial charge in [0.15, 0.2) is 0 Å². The van der Waals surface area contributed by atoms with Crippen LogP contribution >= 0.6 is 0 Å².